The lowest BCUT2D eigenvalue weighted by atomic mass is 9.83. The van der Waals surface area contributed by atoms with Crippen molar-refractivity contribution in [2.45, 2.75) is 5.92 Å². The van der Waals surface area contributed by atoms with Crippen molar-refractivity contribution in [3.05, 3.63) is 106 Å². The number of carbonyl (C=O) groups is 1. The normalized spacial score (nSPS) is 14.3. The average molecular weight is 489 g/mol. The Balaban J connectivity index is 1.65. The minimum absolute atomic E-state index is 0.0205. The zero-order valence-electron chi connectivity index (χ0n) is 18.8. The number of esters is 1. The summed E-state index contributed by atoms with van der Waals surface area (Å²) in [6, 6.07) is 19.1. The Kier molecular flexibility index (Phi) is 6.95. The molecule has 3 aromatic rings. The Labute approximate surface area is 207 Å². The maximum absolute atomic E-state index is 12.6. The lowest BCUT2D eigenvalue weighted by molar-refractivity contribution is 0.0734. The summed E-state index contributed by atoms with van der Waals surface area (Å²) in [4.78, 5) is 12.6. The SMILES string of the molecule is C=CCOc1cccc(C2C(C#N)=C(N)Oc3cc(OC(=O)c4ccc(OC)c(Cl)c4)ccc32)c1. The van der Waals surface area contributed by atoms with Gasteiger partial charge in [-0.05, 0) is 42.0 Å². The molecule has 1 heterocycles. The molecule has 0 saturated heterocycles. The minimum atomic E-state index is -0.602. The van der Waals surface area contributed by atoms with Crippen molar-refractivity contribution >= 4 is 17.6 Å². The van der Waals surface area contributed by atoms with Gasteiger partial charge < -0.3 is 24.7 Å². The molecule has 1 atom stereocenters. The smallest absolute Gasteiger partial charge is 0.343 e. The highest BCUT2D eigenvalue weighted by molar-refractivity contribution is 6.32. The zero-order chi connectivity index (χ0) is 24.9. The lowest BCUT2D eigenvalue weighted by Crippen LogP contribution is -2.21. The first-order valence-corrected chi connectivity index (χ1v) is 10.9. The first kappa shape index (κ1) is 23.7. The van der Waals surface area contributed by atoms with Crippen molar-refractivity contribution in [3.63, 3.8) is 0 Å². The fraction of sp³-hybridized carbons (Fsp3) is 0.111. The molecule has 7 nitrogen and oxygen atoms in total. The Bertz CT molecular complexity index is 1380. The molecule has 176 valence electrons. The highest BCUT2D eigenvalue weighted by Gasteiger charge is 2.31. The molecular weight excluding hydrogens is 468 g/mol. The predicted octanol–water partition coefficient (Wildman–Crippen LogP) is 5.35. The van der Waals surface area contributed by atoms with Crippen molar-refractivity contribution in [3.8, 4) is 29.1 Å². The van der Waals surface area contributed by atoms with Crippen molar-refractivity contribution in [1.29, 1.82) is 5.26 Å². The van der Waals surface area contributed by atoms with Gasteiger partial charge in [0.05, 0.1) is 23.6 Å². The number of carbonyl (C=O) groups excluding carboxylic acids is 1. The second-order valence-electron chi connectivity index (χ2n) is 7.54. The van der Waals surface area contributed by atoms with Crippen molar-refractivity contribution in [2.75, 3.05) is 13.7 Å². The number of fused-ring (bicyclic) bond motifs is 1. The molecule has 0 radical (unpaired) electrons. The van der Waals surface area contributed by atoms with Crippen molar-refractivity contribution in [1.82, 2.24) is 0 Å². The molecule has 0 aliphatic carbocycles. The van der Waals surface area contributed by atoms with Crippen LogP contribution in [0.4, 0.5) is 0 Å². The van der Waals surface area contributed by atoms with Crippen LogP contribution in [0.2, 0.25) is 5.02 Å². The molecule has 3 aromatic carbocycles. The summed E-state index contributed by atoms with van der Waals surface area (Å²) in [6.45, 7) is 4.01. The number of rotatable bonds is 7. The van der Waals surface area contributed by atoms with Crippen LogP contribution in [0.15, 0.2) is 84.8 Å². The van der Waals surface area contributed by atoms with Gasteiger partial charge in [-0.15, -0.1) is 0 Å². The molecule has 2 N–H and O–H groups in total. The largest absolute Gasteiger partial charge is 0.495 e. The van der Waals surface area contributed by atoms with Crippen LogP contribution in [0.3, 0.4) is 0 Å². The van der Waals surface area contributed by atoms with Gasteiger partial charge >= 0.3 is 5.97 Å². The number of methoxy groups -OCH3 is 1. The number of allylic oxidation sites excluding steroid dienone is 1. The van der Waals surface area contributed by atoms with E-state index in [0.717, 1.165) is 5.56 Å². The minimum Gasteiger partial charge on any atom is -0.495 e. The zero-order valence-corrected chi connectivity index (χ0v) is 19.5. The second kappa shape index (κ2) is 10.2. The third-order valence-corrected chi connectivity index (χ3v) is 5.64. The Morgan fingerprint density at radius 1 is 1.20 bits per heavy atom. The predicted molar refractivity (Wildman–Crippen MR) is 131 cm³/mol. The van der Waals surface area contributed by atoms with E-state index >= 15 is 0 Å². The van der Waals surface area contributed by atoms with E-state index in [9.17, 15) is 10.1 Å². The standard InChI is InChI=1S/C27H21ClN2O5/c1-3-11-33-18-6-4-5-16(12-18)25-20-9-8-19(14-24(20)35-26(30)21(25)15-29)34-27(31)17-7-10-23(32-2)22(28)13-17/h3-10,12-14,25H,1,11,30H2,2H3. The van der Waals surface area contributed by atoms with E-state index in [1.807, 2.05) is 24.3 Å². The van der Waals surface area contributed by atoms with Gasteiger partial charge in [0.25, 0.3) is 0 Å². The van der Waals surface area contributed by atoms with Gasteiger partial charge in [0.1, 0.15) is 41.2 Å². The van der Waals surface area contributed by atoms with Crippen LogP contribution in [-0.2, 0) is 0 Å². The Hall–Kier alpha value is -4.41. The number of hydrogen-bond donors (Lipinski definition) is 1. The van der Waals surface area contributed by atoms with Crippen LogP contribution in [0, 0.1) is 11.3 Å². The second-order valence-corrected chi connectivity index (χ2v) is 7.94. The highest BCUT2D eigenvalue weighted by Crippen LogP contribution is 2.44. The van der Waals surface area contributed by atoms with Crippen molar-refractivity contribution in [2.24, 2.45) is 5.73 Å². The van der Waals surface area contributed by atoms with Crippen LogP contribution in [0.25, 0.3) is 0 Å². The van der Waals surface area contributed by atoms with E-state index in [4.69, 9.17) is 36.3 Å². The van der Waals surface area contributed by atoms with Gasteiger partial charge in [-0.2, -0.15) is 5.26 Å². The number of halogens is 1. The monoisotopic (exact) mass is 488 g/mol. The molecule has 8 heteroatoms. The number of ether oxygens (including phenoxy) is 4. The summed E-state index contributed by atoms with van der Waals surface area (Å²) in [5, 5.41) is 10.1. The van der Waals surface area contributed by atoms with Gasteiger partial charge in [-0.3, -0.25) is 0 Å². The summed E-state index contributed by atoms with van der Waals surface area (Å²) in [5.41, 5.74) is 8.12. The number of nitriles is 1. The van der Waals surface area contributed by atoms with Crippen LogP contribution < -0.4 is 24.7 Å². The van der Waals surface area contributed by atoms with Gasteiger partial charge in [0.2, 0.25) is 5.88 Å². The van der Waals surface area contributed by atoms with Gasteiger partial charge in [0, 0.05) is 11.6 Å². The molecular formula is C27H21ClN2O5. The number of nitrogens with two attached hydrogens (primary N) is 1. The fourth-order valence-electron chi connectivity index (χ4n) is 3.74. The molecule has 0 saturated carbocycles. The fourth-order valence-corrected chi connectivity index (χ4v) is 4.00. The number of benzene rings is 3. The molecule has 0 aromatic heterocycles. The molecule has 0 fully saturated rings. The topological polar surface area (TPSA) is 104 Å². The molecule has 0 bridgehead atoms. The van der Waals surface area contributed by atoms with Crippen molar-refractivity contribution < 1.29 is 23.7 Å². The van der Waals surface area contributed by atoms with Gasteiger partial charge in [-0.1, -0.05) is 42.5 Å². The van der Waals surface area contributed by atoms with E-state index in [0.29, 0.717) is 34.4 Å². The summed E-state index contributed by atoms with van der Waals surface area (Å²) >= 11 is 6.12. The maximum atomic E-state index is 12.6. The summed E-state index contributed by atoms with van der Waals surface area (Å²) in [6.07, 6.45) is 1.65. The molecule has 1 unspecified atom stereocenters. The van der Waals surface area contributed by atoms with Crippen LogP contribution in [0.5, 0.6) is 23.0 Å². The first-order valence-electron chi connectivity index (χ1n) is 10.6. The number of nitrogens with zero attached hydrogens (tertiary/aromatic N) is 1. The molecule has 1 aliphatic heterocycles. The quantitative estimate of drug-likeness (QED) is 0.271. The average Bonchev–Trinajstić information content (AvgIpc) is 2.86. The van der Waals surface area contributed by atoms with Crippen LogP contribution >= 0.6 is 11.6 Å². The Morgan fingerprint density at radius 3 is 2.74 bits per heavy atom. The molecule has 35 heavy (non-hydrogen) atoms. The third-order valence-electron chi connectivity index (χ3n) is 5.35. The molecule has 0 spiro atoms. The number of hydrogen-bond acceptors (Lipinski definition) is 7. The van der Waals surface area contributed by atoms with E-state index < -0.39 is 11.9 Å². The highest BCUT2D eigenvalue weighted by atomic mass is 35.5. The molecule has 1 aliphatic rings. The summed E-state index contributed by atoms with van der Waals surface area (Å²) < 4.78 is 22.0. The third kappa shape index (κ3) is 4.93. The van der Waals surface area contributed by atoms with Crippen LogP contribution in [-0.4, -0.2) is 19.7 Å². The van der Waals surface area contributed by atoms with E-state index in [2.05, 4.69) is 12.6 Å². The van der Waals surface area contributed by atoms with Gasteiger partial charge in [0.15, 0.2) is 0 Å². The van der Waals surface area contributed by atoms with Crippen LogP contribution in [0.1, 0.15) is 27.4 Å². The van der Waals surface area contributed by atoms with Gasteiger partial charge in [-0.25, -0.2) is 4.79 Å². The van der Waals surface area contributed by atoms with E-state index in [1.165, 1.54) is 13.2 Å². The summed E-state index contributed by atoms with van der Waals surface area (Å²) in [5.74, 6) is 0.600. The van der Waals surface area contributed by atoms with E-state index in [1.54, 1.807) is 36.4 Å². The van der Waals surface area contributed by atoms with E-state index in [-0.39, 0.29) is 22.8 Å². The lowest BCUT2D eigenvalue weighted by Gasteiger charge is -2.27. The first-order chi connectivity index (χ1) is 16.9. The molecule has 4 rings (SSSR count). The maximum Gasteiger partial charge on any atom is 0.343 e. The Morgan fingerprint density at radius 2 is 2.03 bits per heavy atom. The molecule has 0 amide bonds. The summed E-state index contributed by atoms with van der Waals surface area (Å²) in [7, 11) is 1.49.